The third-order valence-corrected chi connectivity index (χ3v) is 1.79. The van der Waals surface area contributed by atoms with Crippen molar-refractivity contribution in [1.29, 1.82) is 0 Å². The van der Waals surface area contributed by atoms with Crippen LogP contribution >= 0.6 is 37.7 Å². The third-order valence-electron chi connectivity index (χ3n) is 0.999. The molecule has 0 rings (SSSR count). The number of thiol groups is 2. The van der Waals surface area contributed by atoms with Crippen LogP contribution in [0.25, 0.3) is 0 Å². The normalized spacial score (nSPS) is 11.8. The number of hydrogen-bond acceptors (Lipinski definition) is 8. The van der Waals surface area contributed by atoms with Gasteiger partial charge in [-0.3, -0.25) is 0 Å². The molecule has 10 heteroatoms. The van der Waals surface area contributed by atoms with Crippen LogP contribution in [0.1, 0.15) is 0 Å². The number of halogens is 1. The molecule has 0 fully saturated rings. The molecular weight excluding hydrogens is 329 g/mol. The summed E-state index contributed by atoms with van der Waals surface area (Å²) in [4.78, 5) is 19.3. The van der Waals surface area contributed by atoms with Gasteiger partial charge >= 0.3 is 19.5 Å². The molecule has 6 nitrogen and oxygen atoms in total. The van der Waals surface area contributed by atoms with Crippen molar-refractivity contribution in [1.82, 2.24) is 0 Å². The second kappa shape index (κ2) is 15.5. The molecule has 0 bridgehead atoms. The maximum Gasteiger partial charge on any atom is 2.00 e. The van der Waals surface area contributed by atoms with Crippen LogP contribution < -0.4 is 21.7 Å². The van der Waals surface area contributed by atoms with Crippen LogP contribution in [0.4, 0.5) is 0 Å². The Bertz CT molecular complexity index is 181. The standard InChI is InChI=1S/2C3H7NO2S.ClH.Zn/c2*4-2(1-7)3(5)6;;/h2*2,7H,1,4H2,(H,5,6);1H;/q;;;+2/p-2/t2*2-;;/m00../s1. The molecule has 0 unspecified atom stereocenters. The summed E-state index contributed by atoms with van der Waals surface area (Å²) in [6, 6.07) is -1.85. The molecule has 0 aromatic carbocycles. The van der Waals surface area contributed by atoms with Gasteiger partial charge in [0.15, 0.2) is 0 Å². The number of hydrogen-bond donors (Lipinski definition) is 4. The van der Waals surface area contributed by atoms with Crippen molar-refractivity contribution in [3.8, 4) is 0 Å². The zero-order valence-electron chi connectivity index (χ0n) is 8.37. The fourth-order valence-electron chi connectivity index (χ4n) is 0.149. The Morgan fingerprint density at radius 2 is 1.19 bits per heavy atom. The van der Waals surface area contributed by atoms with Crippen molar-refractivity contribution in [2.75, 3.05) is 11.5 Å². The van der Waals surface area contributed by atoms with Gasteiger partial charge in [-0.2, -0.15) is 25.3 Å². The Labute approximate surface area is 124 Å². The molecule has 0 aliphatic carbocycles. The molecule has 0 aliphatic heterocycles. The first kappa shape index (κ1) is 25.4. The molecule has 92 valence electrons. The zero-order valence-corrected chi connectivity index (χ0v) is 13.9. The van der Waals surface area contributed by atoms with E-state index in [0.29, 0.717) is 0 Å². The number of aliphatic carboxylic acids is 2. The van der Waals surface area contributed by atoms with Gasteiger partial charge in [0.2, 0.25) is 0 Å². The molecule has 0 spiro atoms. The molecule has 0 aromatic heterocycles. The summed E-state index contributed by atoms with van der Waals surface area (Å²) >= 11 is 7.22. The average Bonchev–Trinajstić information content (AvgIpc) is 2.15. The van der Waals surface area contributed by atoms with Crippen LogP contribution in [0.5, 0.6) is 0 Å². The van der Waals surface area contributed by atoms with Crippen LogP contribution in [-0.4, -0.2) is 35.5 Å². The first-order valence-electron chi connectivity index (χ1n) is 3.51. The molecule has 0 aromatic rings. The first-order valence-corrected chi connectivity index (χ1v) is 4.77. The molecule has 0 amide bonds. The topological polar surface area (TPSA) is 132 Å². The van der Waals surface area contributed by atoms with Gasteiger partial charge in [0.05, 0.1) is 24.0 Å². The van der Waals surface area contributed by atoms with Crippen molar-refractivity contribution >= 4 is 49.6 Å². The summed E-state index contributed by atoms with van der Waals surface area (Å²) < 4.78 is 0. The van der Waals surface area contributed by atoms with Crippen LogP contribution in [0.3, 0.4) is 0 Å². The minimum atomic E-state index is -1.25. The van der Waals surface area contributed by atoms with Gasteiger partial charge in [-0.25, -0.2) is 0 Å². The van der Waals surface area contributed by atoms with E-state index in [4.69, 9.17) is 11.5 Å². The van der Waals surface area contributed by atoms with Crippen molar-refractivity contribution in [2.24, 2.45) is 11.5 Å². The minimum absolute atomic E-state index is 0. The maximum atomic E-state index is 9.65. The second-order valence-corrected chi connectivity index (χ2v) is 2.95. The van der Waals surface area contributed by atoms with E-state index in [1.165, 1.54) is 0 Å². The first-order chi connectivity index (χ1) is 6.36. The van der Waals surface area contributed by atoms with E-state index >= 15 is 0 Å². The quantitative estimate of drug-likeness (QED) is 0.308. The van der Waals surface area contributed by atoms with Gasteiger partial charge in [0.25, 0.3) is 0 Å². The zero-order chi connectivity index (χ0) is 11.7. The van der Waals surface area contributed by atoms with E-state index < -0.39 is 24.0 Å². The summed E-state index contributed by atoms with van der Waals surface area (Å²) in [6.07, 6.45) is 0. The Hall–Kier alpha value is 0.473. The molecule has 0 heterocycles. The van der Waals surface area contributed by atoms with Gasteiger partial charge in [-0.15, -0.1) is 12.4 Å². The van der Waals surface area contributed by atoms with Gasteiger partial charge in [-0.1, -0.05) is 0 Å². The molecule has 0 saturated heterocycles. The van der Waals surface area contributed by atoms with E-state index in [2.05, 4.69) is 25.3 Å². The molecule has 4 N–H and O–H groups in total. The molecular formula is C6H13ClN2O4S2Zn. The Kier molecular flexibility index (Phi) is 24.5. The molecule has 0 saturated carbocycles. The van der Waals surface area contributed by atoms with Crippen LogP contribution in [0.15, 0.2) is 0 Å². The van der Waals surface area contributed by atoms with Crippen molar-refractivity contribution in [2.45, 2.75) is 12.1 Å². The van der Waals surface area contributed by atoms with E-state index in [9.17, 15) is 19.8 Å². The molecule has 0 radical (unpaired) electrons. The third kappa shape index (κ3) is 16.9. The predicted octanol–water partition coefficient (Wildman–Crippen LogP) is -3.59. The van der Waals surface area contributed by atoms with Crippen molar-refractivity contribution < 1.29 is 39.3 Å². The smallest absolute Gasteiger partial charge is 0.548 e. The predicted molar refractivity (Wildman–Crippen MR) is 60.9 cm³/mol. The van der Waals surface area contributed by atoms with Crippen LogP contribution in [-0.2, 0) is 29.1 Å². The van der Waals surface area contributed by atoms with Crippen LogP contribution in [0.2, 0.25) is 0 Å². The molecule has 0 aliphatic rings. The Morgan fingerprint density at radius 1 is 1.00 bits per heavy atom. The average molecular weight is 342 g/mol. The fourth-order valence-corrected chi connectivity index (χ4v) is 0.447. The largest absolute Gasteiger partial charge is 2.00 e. The summed E-state index contributed by atoms with van der Waals surface area (Å²) in [5.41, 5.74) is 9.75. The van der Waals surface area contributed by atoms with Crippen LogP contribution in [0, 0.1) is 0 Å². The molecule has 2 atom stereocenters. The number of carbonyl (C=O) groups excluding carboxylic acids is 2. The fraction of sp³-hybridized carbons (Fsp3) is 0.667. The summed E-state index contributed by atoms with van der Waals surface area (Å²) in [5, 5.41) is 19.3. The van der Waals surface area contributed by atoms with E-state index in [1.54, 1.807) is 0 Å². The Morgan fingerprint density at radius 3 is 1.19 bits per heavy atom. The minimum Gasteiger partial charge on any atom is -0.548 e. The summed E-state index contributed by atoms with van der Waals surface area (Å²) in [5.74, 6) is -2.25. The van der Waals surface area contributed by atoms with Gasteiger partial charge in [-0.05, 0) is 0 Å². The SMILES string of the molecule is Cl.N[C@@H](CS)C(=O)[O-].N[C@@H](CS)C(=O)[O-].[Zn+2]. The number of carboxylic acids is 2. The van der Waals surface area contributed by atoms with Crippen molar-refractivity contribution in [3.05, 3.63) is 0 Å². The maximum absolute atomic E-state index is 9.65. The number of carbonyl (C=O) groups is 2. The number of nitrogens with two attached hydrogens (primary N) is 2. The Balaban J connectivity index is -0.0000000800. The van der Waals surface area contributed by atoms with E-state index in [1.807, 2.05) is 0 Å². The molecule has 16 heavy (non-hydrogen) atoms. The van der Waals surface area contributed by atoms with Gasteiger partial charge in [0.1, 0.15) is 0 Å². The monoisotopic (exact) mass is 340 g/mol. The van der Waals surface area contributed by atoms with Crippen molar-refractivity contribution in [3.63, 3.8) is 0 Å². The van der Waals surface area contributed by atoms with Gasteiger partial charge in [0, 0.05) is 11.5 Å². The summed E-state index contributed by atoms with van der Waals surface area (Å²) in [6.45, 7) is 0. The summed E-state index contributed by atoms with van der Waals surface area (Å²) in [7, 11) is 0. The second-order valence-electron chi connectivity index (χ2n) is 2.22. The number of rotatable bonds is 4. The number of carboxylic acid groups (broad SMARTS) is 2. The van der Waals surface area contributed by atoms with E-state index in [0.717, 1.165) is 0 Å². The van der Waals surface area contributed by atoms with Gasteiger partial charge < -0.3 is 31.3 Å². The van der Waals surface area contributed by atoms with E-state index in [-0.39, 0.29) is 43.4 Å².